The maximum absolute atomic E-state index is 5.89. The van der Waals surface area contributed by atoms with Crippen molar-refractivity contribution in [2.45, 2.75) is 25.6 Å². The molecule has 2 rings (SSSR count). The second-order valence-corrected chi connectivity index (χ2v) is 4.07. The Hall–Kier alpha value is -1.06. The van der Waals surface area contributed by atoms with Crippen LogP contribution in [0.5, 0.6) is 5.75 Å². The first-order chi connectivity index (χ1) is 7.90. The Morgan fingerprint density at radius 3 is 2.75 bits per heavy atom. The molecule has 0 amide bonds. The van der Waals surface area contributed by atoms with E-state index >= 15 is 0 Å². The van der Waals surface area contributed by atoms with Crippen LogP contribution in [0.1, 0.15) is 18.4 Å². The van der Waals surface area contributed by atoms with E-state index in [0.717, 1.165) is 37.2 Å². The normalized spacial score (nSPS) is 17.3. The number of nitrogens with one attached hydrogen (secondary N) is 1. The Balaban J connectivity index is 1.88. The highest BCUT2D eigenvalue weighted by Crippen LogP contribution is 2.20. The summed E-state index contributed by atoms with van der Waals surface area (Å²) in [6.07, 6.45) is 2.61. The number of rotatable bonds is 4. The molecule has 0 unspecified atom stereocenters. The molecule has 1 aliphatic rings. The van der Waals surface area contributed by atoms with Gasteiger partial charge in [0.15, 0.2) is 0 Å². The zero-order chi connectivity index (χ0) is 11.2. The number of benzene rings is 1. The van der Waals surface area contributed by atoms with E-state index in [2.05, 4.69) is 11.4 Å². The van der Waals surface area contributed by atoms with Gasteiger partial charge in [0.05, 0.1) is 19.8 Å². The lowest BCUT2D eigenvalue weighted by Gasteiger charge is -2.23. The number of methoxy groups -OCH3 is 1. The van der Waals surface area contributed by atoms with Crippen LogP contribution >= 0.6 is 0 Å². The maximum Gasteiger partial charge on any atom is 0.124 e. The number of ether oxygens (including phenoxy) is 2. The van der Waals surface area contributed by atoms with Crippen LogP contribution in [-0.4, -0.2) is 26.3 Å². The molecule has 1 aromatic carbocycles. The molecule has 88 valence electrons. The van der Waals surface area contributed by atoms with Crippen LogP contribution < -0.4 is 10.1 Å². The van der Waals surface area contributed by atoms with Crippen molar-refractivity contribution in [1.82, 2.24) is 5.32 Å². The average molecular weight is 221 g/mol. The predicted molar refractivity (Wildman–Crippen MR) is 63.7 cm³/mol. The van der Waals surface area contributed by atoms with Gasteiger partial charge in [0, 0.05) is 5.56 Å². The number of piperidine rings is 1. The minimum absolute atomic E-state index is 0.395. The van der Waals surface area contributed by atoms with Crippen molar-refractivity contribution in [1.29, 1.82) is 0 Å². The van der Waals surface area contributed by atoms with Crippen LogP contribution in [0.25, 0.3) is 0 Å². The molecule has 16 heavy (non-hydrogen) atoms. The first-order valence-electron chi connectivity index (χ1n) is 5.84. The molecule has 0 spiro atoms. The fourth-order valence-corrected chi connectivity index (χ4v) is 1.99. The Kier molecular flexibility index (Phi) is 4.19. The summed E-state index contributed by atoms with van der Waals surface area (Å²) in [4.78, 5) is 0. The van der Waals surface area contributed by atoms with E-state index < -0.39 is 0 Å². The fraction of sp³-hybridized carbons (Fsp3) is 0.538. The Morgan fingerprint density at radius 1 is 1.25 bits per heavy atom. The monoisotopic (exact) mass is 221 g/mol. The molecule has 0 aliphatic carbocycles. The summed E-state index contributed by atoms with van der Waals surface area (Å²) in [5.41, 5.74) is 1.13. The molecular formula is C13H19NO2. The van der Waals surface area contributed by atoms with Crippen LogP contribution in [0.3, 0.4) is 0 Å². The summed E-state index contributed by atoms with van der Waals surface area (Å²) in [7, 11) is 1.70. The molecule has 0 saturated carbocycles. The van der Waals surface area contributed by atoms with Crippen LogP contribution in [-0.2, 0) is 11.3 Å². The molecule has 3 nitrogen and oxygen atoms in total. The lowest BCUT2D eigenvalue weighted by molar-refractivity contribution is 0.0204. The summed E-state index contributed by atoms with van der Waals surface area (Å²) < 4.78 is 11.2. The quantitative estimate of drug-likeness (QED) is 0.843. The maximum atomic E-state index is 5.89. The summed E-state index contributed by atoms with van der Waals surface area (Å²) in [5, 5.41) is 3.33. The van der Waals surface area contributed by atoms with E-state index in [0.29, 0.717) is 12.7 Å². The van der Waals surface area contributed by atoms with E-state index in [1.807, 2.05) is 18.2 Å². The van der Waals surface area contributed by atoms with Crippen molar-refractivity contribution >= 4 is 0 Å². The first kappa shape index (κ1) is 11.4. The second-order valence-electron chi connectivity index (χ2n) is 4.07. The topological polar surface area (TPSA) is 30.5 Å². The summed E-state index contributed by atoms with van der Waals surface area (Å²) in [6, 6.07) is 8.03. The Morgan fingerprint density at radius 2 is 2.00 bits per heavy atom. The van der Waals surface area contributed by atoms with Gasteiger partial charge in [0.1, 0.15) is 5.75 Å². The third-order valence-corrected chi connectivity index (χ3v) is 2.95. The standard InChI is InChI=1S/C13H19NO2/c1-15-13-5-3-2-4-11(13)10-16-12-6-8-14-9-7-12/h2-5,12,14H,6-10H2,1H3. The van der Waals surface area contributed by atoms with E-state index in [4.69, 9.17) is 9.47 Å². The predicted octanol–water partition coefficient (Wildman–Crippen LogP) is 1.96. The van der Waals surface area contributed by atoms with Gasteiger partial charge in [-0.2, -0.15) is 0 Å². The van der Waals surface area contributed by atoms with Gasteiger partial charge in [0.2, 0.25) is 0 Å². The summed E-state index contributed by atoms with van der Waals surface area (Å²) in [6.45, 7) is 2.78. The van der Waals surface area contributed by atoms with Gasteiger partial charge in [-0.15, -0.1) is 0 Å². The zero-order valence-electron chi connectivity index (χ0n) is 9.74. The molecule has 1 N–H and O–H groups in total. The van der Waals surface area contributed by atoms with Gasteiger partial charge >= 0.3 is 0 Å². The number of hydrogen-bond acceptors (Lipinski definition) is 3. The van der Waals surface area contributed by atoms with Crippen LogP contribution in [0.2, 0.25) is 0 Å². The highest BCUT2D eigenvalue weighted by molar-refractivity contribution is 5.32. The Labute approximate surface area is 96.8 Å². The third-order valence-electron chi connectivity index (χ3n) is 2.95. The molecule has 1 aliphatic heterocycles. The van der Waals surface area contributed by atoms with Crippen molar-refractivity contribution in [2.24, 2.45) is 0 Å². The molecule has 0 radical (unpaired) electrons. The Bertz CT molecular complexity index is 321. The SMILES string of the molecule is COc1ccccc1COC1CCNCC1. The van der Waals surface area contributed by atoms with Gasteiger partial charge < -0.3 is 14.8 Å². The summed E-state index contributed by atoms with van der Waals surface area (Å²) in [5.74, 6) is 0.913. The minimum Gasteiger partial charge on any atom is -0.496 e. The average Bonchev–Trinajstić information content (AvgIpc) is 2.38. The van der Waals surface area contributed by atoms with Crippen molar-refractivity contribution in [3.05, 3.63) is 29.8 Å². The fourth-order valence-electron chi connectivity index (χ4n) is 1.99. The molecular weight excluding hydrogens is 202 g/mol. The van der Waals surface area contributed by atoms with Crippen LogP contribution in [0.15, 0.2) is 24.3 Å². The van der Waals surface area contributed by atoms with E-state index in [9.17, 15) is 0 Å². The van der Waals surface area contributed by atoms with E-state index in [1.54, 1.807) is 7.11 Å². The molecule has 0 bridgehead atoms. The van der Waals surface area contributed by atoms with E-state index in [1.165, 1.54) is 0 Å². The highest BCUT2D eigenvalue weighted by Gasteiger charge is 2.13. The smallest absolute Gasteiger partial charge is 0.124 e. The third kappa shape index (κ3) is 2.97. The van der Waals surface area contributed by atoms with Gasteiger partial charge in [-0.1, -0.05) is 18.2 Å². The largest absolute Gasteiger partial charge is 0.496 e. The van der Waals surface area contributed by atoms with Crippen molar-refractivity contribution in [3.8, 4) is 5.75 Å². The molecule has 1 saturated heterocycles. The van der Waals surface area contributed by atoms with Crippen molar-refractivity contribution in [3.63, 3.8) is 0 Å². The van der Waals surface area contributed by atoms with Gasteiger partial charge in [0.25, 0.3) is 0 Å². The first-order valence-corrected chi connectivity index (χ1v) is 5.84. The van der Waals surface area contributed by atoms with Crippen molar-refractivity contribution in [2.75, 3.05) is 20.2 Å². The van der Waals surface area contributed by atoms with Gasteiger partial charge in [-0.05, 0) is 32.0 Å². The molecule has 1 aromatic rings. The lowest BCUT2D eigenvalue weighted by Crippen LogP contribution is -2.32. The van der Waals surface area contributed by atoms with E-state index in [-0.39, 0.29) is 0 Å². The van der Waals surface area contributed by atoms with Gasteiger partial charge in [-0.3, -0.25) is 0 Å². The summed E-state index contributed by atoms with van der Waals surface area (Å²) >= 11 is 0. The molecule has 0 atom stereocenters. The second kappa shape index (κ2) is 5.87. The number of hydrogen-bond donors (Lipinski definition) is 1. The molecule has 1 fully saturated rings. The minimum atomic E-state index is 0.395. The molecule has 3 heteroatoms. The lowest BCUT2D eigenvalue weighted by atomic mass is 10.1. The highest BCUT2D eigenvalue weighted by atomic mass is 16.5. The van der Waals surface area contributed by atoms with Crippen LogP contribution in [0, 0.1) is 0 Å². The van der Waals surface area contributed by atoms with Crippen LogP contribution in [0.4, 0.5) is 0 Å². The molecule has 1 heterocycles. The molecule has 0 aromatic heterocycles. The van der Waals surface area contributed by atoms with Crippen molar-refractivity contribution < 1.29 is 9.47 Å². The zero-order valence-corrected chi connectivity index (χ0v) is 9.74. The van der Waals surface area contributed by atoms with Gasteiger partial charge in [-0.25, -0.2) is 0 Å². The number of para-hydroxylation sites is 1.